The molecule has 0 radical (unpaired) electrons. The molecule has 4 nitrogen and oxygen atoms in total. The number of para-hydroxylation sites is 1. The molecule has 0 saturated carbocycles. The lowest BCUT2D eigenvalue weighted by molar-refractivity contribution is 0.189. The first-order valence-electron chi connectivity index (χ1n) is 8.49. The molecule has 1 atom stereocenters. The van der Waals surface area contributed by atoms with Gasteiger partial charge >= 0.3 is 0 Å². The summed E-state index contributed by atoms with van der Waals surface area (Å²) in [6.07, 6.45) is 3.08. The fourth-order valence-corrected chi connectivity index (χ4v) is 2.65. The second kappa shape index (κ2) is 10.7. The Morgan fingerprint density at radius 2 is 1.52 bits per heavy atom. The topological polar surface area (TPSA) is 41.9 Å². The molecule has 0 aliphatic rings. The van der Waals surface area contributed by atoms with Crippen LogP contribution in [0.5, 0.6) is 0 Å². The van der Waals surface area contributed by atoms with Crippen LogP contribution < -0.4 is 4.90 Å². The molecule has 1 unspecified atom stereocenters. The molecular formula is C21H27NO3. The van der Waals surface area contributed by atoms with Gasteiger partial charge in [0.05, 0.1) is 19.3 Å². The van der Waals surface area contributed by atoms with E-state index in [-0.39, 0.29) is 0 Å². The fraction of sp³-hybridized carbons (Fsp3) is 0.333. The number of aliphatic hydroxyl groups is 1. The lowest BCUT2D eigenvalue weighted by atomic mass is 10.0. The summed E-state index contributed by atoms with van der Waals surface area (Å²) in [5, 5.41) is 10.7. The molecule has 0 aliphatic heterocycles. The smallest absolute Gasteiger partial charge is 0.0995 e. The van der Waals surface area contributed by atoms with Crippen LogP contribution in [0, 0.1) is 0 Å². The molecule has 0 heterocycles. The van der Waals surface area contributed by atoms with Crippen LogP contribution in [0.15, 0.2) is 60.7 Å². The highest BCUT2D eigenvalue weighted by atomic mass is 16.5. The minimum absolute atomic E-state index is 0.619. The van der Waals surface area contributed by atoms with Crippen molar-refractivity contribution in [1.82, 2.24) is 0 Å². The van der Waals surface area contributed by atoms with Crippen LogP contribution in [0.2, 0.25) is 0 Å². The Balaban J connectivity index is 2.20. The van der Waals surface area contributed by atoms with Crippen LogP contribution in [0.4, 0.5) is 5.69 Å². The third kappa shape index (κ3) is 6.02. The van der Waals surface area contributed by atoms with Gasteiger partial charge < -0.3 is 19.5 Å². The lowest BCUT2D eigenvalue weighted by Gasteiger charge is -2.27. The zero-order valence-electron chi connectivity index (χ0n) is 15.0. The first-order chi connectivity index (χ1) is 12.3. The van der Waals surface area contributed by atoms with Gasteiger partial charge in [-0.2, -0.15) is 0 Å². The highest BCUT2D eigenvalue weighted by Crippen LogP contribution is 2.27. The lowest BCUT2D eigenvalue weighted by Crippen LogP contribution is -2.31. The molecule has 0 bridgehead atoms. The summed E-state index contributed by atoms with van der Waals surface area (Å²) in [5.41, 5.74) is 2.94. The van der Waals surface area contributed by atoms with E-state index in [1.807, 2.05) is 66.7 Å². The van der Waals surface area contributed by atoms with Gasteiger partial charge in [-0.1, -0.05) is 60.7 Å². The second-order valence-electron chi connectivity index (χ2n) is 5.75. The van der Waals surface area contributed by atoms with E-state index in [1.54, 1.807) is 14.2 Å². The van der Waals surface area contributed by atoms with Crippen molar-refractivity contribution in [3.8, 4) is 0 Å². The summed E-state index contributed by atoms with van der Waals surface area (Å²) >= 11 is 0. The summed E-state index contributed by atoms with van der Waals surface area (Å²) in [4.78, 5) is 2.18. The SMILES string of the molecule is COCCN(CCOC)c1ccccc1C(O)/C=C/c1ccccc1. The van der Waals surface area contributed by atoms with Crippen molar-refractivity contribution in [3.05, 3.63) is 71.8 Å². The maximum Gasteiger partial charge on any atom is 0.0995 e. The van der Waals surface area contributed by atoms with Crippen LogP contribution >= 0.6 is 0 Å². The molecule has 2 aromatic rings. The van der Waals surface area contributed by atoms with Crippen molar-refractivity contribution >= 4 is 11.8 Å². The van der Waals surface area contributed by atoms with Crippen molar-refractivity contribution < 1.29 is 14.6 Å². The molecular weight excluding hydrogens is 314 g/mol. The Bertz CT molecular complexity index is 635. The Morgan fingerprint density at radius 1 is 0.920 bits per heavy atom. The van der Waals surface area contributed by atoms with Crippen molar-refractivity contribution in [1.29, 1.82) is 0 Å². The number of hydrogen-bond acceptors (Lipinski definition) is 4. The molecule has 25 heavy (non-hydrogen) atoms. The zero-order chi connectivity index (χ0) is 17.9. The van der Waals surface area contributed by atoms with E-state index in [9.17, 15) is 5.11 Å². The van der Waals surface area contributed by atoms with E-state index in [0.29, 0.717) is 13.2 Å². The minimum Gasteiger partial charge on any atom is -0.384 e. The number of aliphatic hydroxyl groups excluding tert-OH is 1. The summed E-state index contributed by atoms with van der Waals surface area (Å²) in [6.45, 7) is 2.72. The average Bonchev–Trinajstić information content (AvgIpc) is 2.67. The predicted molar refractivity (Wildman–Crippen MR) is 103 cm³/mol. The Kier molecular flexibility index (Phi) is 8.19. The van der Waals surface area contributed by atoms with E-state index in [1.165, 1.54) is 0 Å². The van der Waals surface area contributed by atoms with Crippen LogP contribution in [-0.4, -0.2) is 45.6 Å². The maximum absolute atomic E-state index is 10.7. The van der Waals surface area contributed by atoms with Crippen molar-refractivity contribution in [2.45, 2.75) is 6.10 Å². The van der Waals surface area contributed by atoms with E-state index < -0.39 is 6.10 Å². The molecule has 0 amide bonds. The van der Waals surface area contributed by atoms with Gasteiger partial charge in [0.2, 0.25) is 0 Å². The summed E-state index contributed by atoms with van der Waals surface area (Å²) in [6, 6.07) is 17.9. The van der Waals surface area contributed by atoms with E-state index >= 15 is 0 Å². The van der Waals surface area contributed by atoms with Gasteiger partial charge in [-0.25, -0.2) is 0 Å². The molecule has 2 aromatic carbocycles. The van der Waals surface area contributed by atoms with Gasteiger partial charge in [0, 0.05) is 38.6 Å². The third-order valence-electron chi connectivity index (χ3n) is 4.00. The molecule has 2 rings (SSSR count). The first-order valence-corrected chi connectivity index (χ1v) is 8.49. The van der Waals surface area contributed by atoms with Crippen LogP contribution in [0.3, 0.4) is 0 Å². The maximum atomic E-state index is 10.7. The number of anilines is 1. The van der Waals surface area contributed by atoms with Crippen LogP contribution in [0.25, 0.3) is 6.08 Å². The van der Waals surface area contributed by atoms with Gasteiger partial charge in [-0.05, 0) is 11.6 Å². The van der Waals surface area contributed by atoms with Crippen molar-refractivity contribution in [2.75, 3.05) is 45.4 Å². The number of ether oxygens (including phenoxy) is 2. The predicted octanol–water partition coefficient (Wildman–Crippen LogP) is 3.53. The fourth-order valence-electron chi connectivity index (χ4n) is 2.65. The van der Waals surface area contributed by atoms with Crippen LogP contribution in [0.1, 0.15) is 17.2 Å². The summed E-state index contributed by atoms with van der Waals surface area (Å²) in [5.74, 6) is 0. The van der Waals surface area contributed by atoms with Gasteiger partial charge in [0.1, 0.15) is 0 Å². The first kappa shape index (κ1) is 19.2. The Hall–Kier alpha value is -2.14. The van der Waals surface area contributed by atoms with Gasteiger partial charge in [0.15, 0.2) is 0 Å². The molecule has 0 aliphatic carbocycles. The molecule has 0 fully saturated rings. The monoisotopic (exact) mass is 341 g/mol. The normalized spacial score (nSPS) is 12.4. The van der Waals surface area contributed by atoms with E-state index in [0.717, 1.165) is 29.9 Å². The molecule has 0 aromatic heterocycles. The molecule has 1 N–H and O–H groups in total. The highest BCUT2D eigenvalue weighted by Gasteiger charge is 2.15. The van der Waals surface area contributed by atoms with Crippen molar-refractivity contribution in [2.24, 2.45) is 0 Å². The highest BCUT2D eigenvalue weighted by molar-refractivity contribution is 5.57. The third-order valence-corrected chi connectivity index (χ3v) is 4.00. The minimum atomic E-state index is -0.677. The molecule has 0 spiro atoms. The zero-order valence-corrected chi connectivity index (χ0v) is 15.0. The number of rotatable bonds is 10. The summed E-state index contributed by atoms with van der Waals surface area (Å²) in [7, 11) is 3.38. The Morgan fingerprint density at radius 3 is 2.16 bits per heavy atom. The number of benzene rings is 2. The largest absolute Gasteiger partial charge is 0.384 e. The number of methoxy groups -OCH3 is 2. The molecule has 4 heteroatoms. The quantitative estimate of drug-likeness (QED) is 0.718. The Labute approximate surface area is 150 Å². The van der Waals surface area contributed by atoms with Crippen LogP contribution in [-0.2, 0) is 9.47 Å². The average molecular weight is 341 g/mol. The standard InChI is InChI=1S/C21H27NO3/c1-24-16-14-22(15-17-25-2)20-11-7-6-10-19(20)21(23)13-12-18-8-4-3-5-9-18/h3-13,21,23H,14-17H2,1-2H3/b13-12+. The van der Waals surface area contributed by atoms with Gasteiger partial charge in [-0.15, -0.1) is 0 Å². The van der Waals surface area contributed by atoms with E-state index in [2.05, 4.69) is 4.90 Å². The molecule has 134 valence electrons. The van der Waals surface area contributed by atoms with Gasteiger partial charge in [0.25, 0.3) is 0 Å². The van der Waals surface area contributed by atoms with E-state index in [4.69, 9.17) is 9.47 Å². The second-order valence-corrected chi connectivity index (χ2v) is 5.75. The summed E-state index contributed by atoms with van der Waals surface area (Å²) < 4.78 is 10.4. The number of hydrogen-bond donors (Lipinski definition) is 1. The number of nitrogens with zero attached hydrogens (tertiary/aromatic N) is 1. The van der Waals surface area contributed by atoms with Gasteiger partial charge in [-0.3, -0.25) is 0 Å². The van der Waals surface area contributed by atoms with Crippen molar-refractivity contribution in [3.63, 3.8) is 0 Å². The molecule has 0 saturated heterocycles.